The molecule has 2 atom stereocenters. The Kier molecular flexibility index (Phi) is 6.08. The van der Waals surface area contributed by atoms with E-state index in [9.17, 15) is 19.7 Å². The van der Waals surface area contributed by atoms with E-state index >= 15 is 0 Å². The van der Waals surface area contributed by atoms with Crippen molar-refractivity contribution in [2.45, 2.75) is 19.8 Å². The zero-order valence-electron chi connectivity index (χ0n) is 15.2. The molecule has 1 amide bonds. The van der Waals surface area contributed by atoms with E-state index in [-0.39, 0.29) is 23.4 Å². The molecule has 2 unspecified atom stereocenters. The van der Waals surface area contributed by atoms with Crippen LogP contribution in [0, 0.1) is 28.4 Å². The number of rotatable bonds is 5. The largest absolute Gasteiger partial charge is 0.468 e. The third kappa shape index (κ3) is 3.87. The molecule has 1 aliphatic heterocycles. The molecule has 2 rings (SSSR count). The van der Waals surface area contributed by atoms with Crippen molar-refractivity contribution in [3.63, 3.8) is 0 Å². The number of hydrogen-bond acceptors (Lipinski definition) is 6. The van der Waals surface area contributed by atoms with Gasteiger partial charge in [-0.3, -0.25) is 24.7 Å². The molecule has 0 saturated carbocycles. The number of hydrogen-bond donors (Lipinski definition) is 1. The number of nitro benzene ring substituents is 1. The molecular weight excluding hydrogens is 350 g/mol. The molecule has 0 saturated heterocycles. The summed E-state index contributed by atoms with van der Waals surface area (Å²) in [6, 6.07) is 5.99. The predicted molar refractivity (Wildman–Crippen MR) is 99.0 cm³/mol. The molecular formula is C19H19N3O5. The summed E-state index contributed by atoms with van der Waals surface area (Å²) in [5.41, 5.74) is 0.973. The Morgan fingerprint density at radius 2 is 2.04 bits per heavy atom. The van der Waals surface area contributed by atoms with E-state index in [1.54, 1.807) is 19.9 Å². The molecule has 1 N–H and O–H groups in total. The van der Waals surface area contributed by atoms with Gasteiger partial charge in [0.25, 0.3) is 5.69 Å². The number of para-hydroxylation sites is 1. The second-order valence-corrected chi connectivity index (χ2v) is 5.93. The first-order valence-corrected chi connectivity index (χ1v) is 8.12. The van der Waals surface area contributed by atoms with Crippen molar-refractivity contribution in [3.8, 4) is 12.3 Å². The Balaban J connectivity index is 2.73. The molecule has 1 heterocycles. The van der Waals surface area contributed by atoms with Crippen LogP contribution in [0.25, 0.3) is 0 Å². The number of nitro groups is 1. The molecule has 0 fully saturated rings. The highest BCUT2D eigenvalue weighted by Gasteiger charge is 2.43. The molecule has 27 heavy (non-hydrogen) atoms. The summed E-state index contributed by atoms with van der Waals surface area (Å²) < 4.78 is 4.88. The first kappa shape index (κ1) is 19.8. The first-order chi connectivity index (χ1) is 12.8. The van der Waals surface area contributed by atoms with E-state index in [1.807, 2.05) is 0 Å². The van der Waals surface area contributed by atoms with Crippen LogP contribution in [0.15, 0.2) is 40.5 Å². The van der Waals surface area contributed by atoms with Gasteiger partial charge < -0.3 is 10.1 Å². The van der Waals surface area contributed by atoms with Crippen molar-refractivity contribution in [1.29, 1.82) is 0 Å². The number of ether oxygens (including phenoxy) is 1. The molecule has 8 heteroatoms. The van der Waals surface area contributed by atoms with Crippen molar-refractivity contribution < 1.29 is 19.2 Å². The van der Waals surface area contributed by atoms with E-state index in [1.165, 1.54) is 25.3 Å². The van der Waals surface area contributed by atoms with Crippen LogP contribution in [-0.4, -0.2) is 36.2 Å². The summed E-state index contributed by atoms with van der Waals surface area (Å²) in [7, 11) is 1.22. The Hall–Kier alpha value is -3.47. The molecule has 1 aliphatic rings. The lowest BCUT2D eigenvalue weighted by atomic mass is 9.75. The Morgan fingerprint density at radius 1 is 1.37 bits per heavy atom. The second kappa shape index (κ2) is 8.27. The molecule has 1 aromatic carbocycles. The van der Waals surface area contributed by atoms with Crippen LogP contribution in [0.1, 0.15) is 25.3 Å². The van der Waals surface area contributed by atoms with E-state index in [0.717, 1.165) is 0 Å². The zero-order chi connectivity index (χ0) is 20.1. The number of esters is 1. The molecule has 0 spiro atoms. The van der Waals surface area contributed by atoms with Crippen molar-refractivity contribution in [2.24, 2.45) is 10.9 Å². The van der Waals surface area contributed by atoms with Gasteiger partial charge in [-0.25, -0.2) is 0 Å². The lowest BCUT2D eigenvalue weighted by molar-refractivity contribution is -0.385. The molecule has 0 radical (unpaired) electrons. The van der Waals surface area contributed by atoms with E-state index < -0.39 is 28.6 Å². The van der Waals surface area contributed by atoms with Crippen LogP contribution in [0.5, 0.6) is 0 Å². The fourth-order valence-corrected chi connectivity index (χ4v) is 3.24. The summed E-state index contributed by atoms with van der Waals surface area (Å²) in [6.07, 6.45) is 5.20. The van der Waals surface area contributed by atoms with Crippen molar-refractivity contribution >= 4 is 23.3 Å². The molecule has 8 nitrogen and oxygen atoms in total. The summed E-state index contributed by atoms with van der Waals surface area (Å²) >= 11 is 0. The summed E-state index contributed by atoms with van der Waals surface area (Å²) in [5, 5.41) is 14.1. The third-order valence-corrected chi connectivity index (χ3v) is 4.35. The minimum absolute atomic E-state index is 0.0230. The lowest BCUT2D eigenvalue weighted by Crippen LogP contribution is -2.39. The van der Waals surface area contributed by atoms with E-state index in [2.05, 4.69) is 16.2 Å². The van der Waals surface area contributed by atoms with Crippen LogP contribution in [0.3, 0.4) is 0 Å². The number of aliphatic imine (C=N–C) groups is 1. The predicted octanol–water partition coefficient (Wildman–Crippen LogP) is 1.97. The number of benzene rings is 1. The normalized spacial score (nSPS) is 19.0. The van der Waals surface area contributed by atoms with Crippen LogP contribution < -0.4 is 5.32 Å². The van der Waals surface area contributed by atoms with Gasteiger partial charge in [0.15, 0.2) is 0 Å². The molecule has 140 valence electrons. The topological polar surface area (TPSA) is 111 Å². The van der Waals surface area contributed by atoms with Crippen LogP contribution >= 0.6 is 0 Å². The fraction of sp³-hybridized carbons (Fsp3) is 0.316. The second-order valence-electron chi connectivity index (χ2n) is 5.93. The molecule has 1 aromatic rings. The smallest absolute Gasteiger partial charge is 0.315 e. The number of methoxy groups -OCH3 is 1. The number of terminal acetylenes is 1. The SMILES string of the molecule is C#CCNC(=O)C1=C(C)N=C(C)C(C(=O)OC)C1c1ccccc1[N+](=O)[O-]. The third-order valence-electron chi connectivity index (χ3n) is 4.35. The van der Waals surface area contributed by atoms with Gasteiger partial charge >= 0.3 is 5.97 Å². The maximum atomic E-state index is 12.7. The maximum absolute atomic E-state index is 12.7. The standard InChI is InChI=1S/C19H19N3O5/c1-5-10-20-18(23)15-11(2)21-12(3)16(19(24)27-4)17(15)13-8-6-7-9-14(13)22(25)26/h1,6-9,16-17H,10H2,2-4H3,(H,20,23). The summed E-state index contributed by atoms with van der Waals surface area (Å²) in [5.74, 6) is -0.747. The van der Waals surface area contributed by atoms with Crippen LogP contribution in [0.4, 0.5) is 5.69 Å². The van der Waals surface area contributed by atoms with Gasteiger partial charge in [-0.2, -0.15) is 0 Å². The van der Waals surface area contributed by atoms with Crippen LogP contribution in [0.2, 0.25) is 0 Å². The first-order valence-electron chi connectivity index (χ1n) is 8.12. The van der Waals surface area contributed by atoms with Gasteiger partial charge in [0.2, 0.25) is 5.91 Å². The monoisotopic (exact) mass is 369 g/mol. The Morgan fingerprint density at radius 3 is 2.63 bits per heavy atom. The number of carbonyl (C=O) groups excluding carboxylic acids is 2. The highest BCUT2D eigenvalue weighted by atomic mass is 16.6. The highest BCUT2D eigenvalue weighted by molar-refractivity contribution is 6.08. The van der Waals surface area contributed by atoms with Gasteiger partial charge in [-0.15, -0.1) is 6.42 Å². The van der Waals surface area contributed by atoms with Crippen molar-refractivity contribution in [2.75, 3.05) is 13.7 Å². The fourth-order valence-electron chi connectivity index (χ4n) is 3.24. The lowest BCUT2D eigenvalue weighted by Gasteiger charge is -2.31. The number of carbonyl (C=O) groups is 2. The minimum Gasteiger partial charge on any atom is -0.468 e. The zero-order valence-corrected chi connectivity index (χ0v) is 15.2. The minimum atomic E-state index is -0.966. The van der Waals surface area contributed by atoms with Crippen molar-refractivity contribution in [3.05, 3.63) is 51.2 Å². The van der Waals surface area contributed by atoms with Gasteiger partial charge in [0.1, 0.15) is 5.92 Å². The highest BCUT2D eigenvalue weighted by Crippen LogP contribution is 2.42. The maximum Gasteiger partial charge on any atom is 0.315 e. The van der Waals surface area contributed by atoms with Crippen LogP contribution in [-0.2, 0) is 14.3 Å². The summed E-state index contributed by atoms with van der Waals surface area (Å²) in [6.45, 7) is 3.22. The molecule has 0 bridgehead atoms. The van der Waals surface area contributed by atoms with E-state index in [0.29, 0.717) is 11.4 Å². The quantitative estimate of drug-likeness (QED) is 0.369. The Labute approximate surface area is 156 Å². The average molecular weight is 369 g/mol. The number of allylic oxidation sites excluding steroid dienone is 1. The Bertz CT molecular complexity index is 895. The van der Waals surface area contributed by atoms with E-state index in [4.69, 9.17) is 11.2 Å². The molecule has 0 aromatic heterocycles. The summed E-state index contributed by atoms with van der Waals surface area (Å²) in [4.78, 5) is 40.5. The van der Waals surface area contributed by atoms with Gasteiger partial charge in [-0.05, 0) is 13.8 Å². The number of nitrogens with zero attached hydrogens (tertiary/aromatic N) is 2. The molecule has 0 aliphatic carbocycles. The van der Waals surface area contributed by atoms with Crippen molar-refractivity contribution in [1.82, 2.24) is 5.32 Å². The number of amides is 1. The average Bonchev–Trinajstić information content (AvgIpc) is 2.64. The van der Waals surface area contributed by atoms with Gasteiger partial charge in [0.05, 0.1) is 18.6 Å². The van der Waals surface area contributed by atoms with Gasteiger partial charge in [0, 0.05) is 34.5 Å². The number of nitrogens with one attached hydrogen (secondary N) is 1. The van der Waals surface area contributed by atoms with Gasteiger partial charge in [-0.1, -0.05) is 24.1 Å².